The van der Waals surface area contributed by atoms with Gasteiger partial charge in [-0.15, -0.1) is 19.7 Å². The maximum absolute atomic E-state index is 6.51. The molecule has 0 aromatic heterocycles. The van der Waals surface area contributed by atoms with Crippen LogP contribution in [0.5, 0.6) is 5.75 Å². The smallest absolute Gasteiger partial charge is 0.184 e. The van der Waals surface area contributed by atoms with Crippen molar-refractivity contribution in [2.45, 2.75) is 49.5 Å². The minimum Gasteiger partial charge on any atom is -0.497 e. The van der Waals surface area contributed by atoms with Crippen molar-refractivity contribution >= 4 is 0 Å². The van der Waals surface area contributed by atoms with Gasteiger partial charge in [0.15, 0.2) is 6.29 Å². The first-order valence-electron chi connectivity index (χ1n) is 12.5. The summed E-state index contributed by atoms with van der Waals surface area (Å²) in [4.78, 5) is 0. The molecule has 2 aromatic rings. The first-order valence-corrected chi connectivity index (χ1v) is 12.5. The molecule has 3 unspecified atom stereocenters. The Morgan fingerprint density at radius 1 is 0.676 bits per heavy atom. The number of methoxy groups -OCH3 is 1. The van der Waals surface area contributed by atoms with Crippen LogP contribution in [0.15, 0.2) is 92.6 Å². The van der Waals surface area contributed by atoms with Crippen LogP contribution in [-0.4, -0.2) is 63.6 Å². The van der Waals surface area contributed by atoms with Gasteiger partial charge in [-0.05, 0) is 17.7 Å². The Kier molecular flexibility index (Phi) is 10.1. The fourth-order valence-corrected chi connectivity index (χ4v) is 4.73. The first-order chi connectivity index (χ1) is 18.2. The van der Waals surface area contributed by atoms with E-state index < -0.39 is 42.9 Å². The fraction of sp³-hybridized carbons (Fsp3) is 0.400. The number of ether oxygens (including phenoxy) is 7. The summed E-state index contributed by atoms with van der Waals surface area (Å²) in [6.45, 7) is 12.8. The molecule has 2 fully saturated rings. The topological polar surface area (TPSA) is 64.6 Å². The minimum atomic E-state index is -0.605. The summed E-state index contributed by atoms with van der Waals surface area (Å²) in [6, 6.07) is 17.6. The summed E-state index contributed by atoms with van der Waals surface area (Å²) in [5, 5.41) is 0. The Labute approximate surface area is 219 Å². The van der Waals surface area contributed by atoms with E-state index in [9.17, 15) is 0 Å². The van der Waals surface area contributed by atoms with Gasteiger partial charge >= 0.3 is 0 Å². The van der Waals surface area contributed by atoms with Gasteiger partial charge in [-0.2, -0.15) is 0 Å². The van der Waals surface area contributed by atoms with Gasteiger partial charge in [0.05, 0.1) is 33.5 Å². The molecule has 0 spiro atoms. The van der Waals surface area contributed by atoms with E-state index in [-0.39, 0.29) is 0 Å². The van der Waals surface area contributed by atoms with Crippen LogP contribution in [0.4, 0.5) is 0 Å². The van der Waals surface area contributed by atoms with E-state index in [1.165, 1.54) is 0 Å². The second-order valence-electron chi connectivity index (χ2n) is 8.83. The lowest BCUT2D eigenvalue weighted by molar-refractivity contribution is -0.371. The highest BCUT2D eigenvalue weighted by Gasteiger charge is 2.58. The zero-order valence-corrected chi connectivity index (χ0v) is 21.3. The molecule has 7 heteroatoms. The average molecular weight is 509 g/mol. The number of hydrogen-bond donors (Lipinski definition) is 0. The normalized spacial score (nSPS) is 28.8. The third kappa shape index (κ3) is 6.57. The molecule has 2 bridgehead atoms. The van der Waals surface area contributed by atoms with Crippen LogP contribution in [0.1, 0.15) is 17.4 Å². The lowest BCUT2D eigenvalue weighted by Gasteiger charge is -2.54. The highest BCUT2D eigenvalue weighted by molar-refractivity contribution is 5.26. The van der Waals surface area contributed by atoms with Gasteiger partial charge in [0.2, 0.25) is 0 Å². The second-order valence-corrected chi connectivity index (χ2v) is 8.83. The molecular formula is C30H36O7. The van der Waals surface area contributed by atoms with Crippen molar-refractivity contribution in [1.29, 1.82) is 0 Å². The molecule has 2 aromatic carbocycles. The highest BCUT2D eigenvalue weighted by Crippen LogP contribution is 2.42. The molecule has 198 valence electrons. The van der Waals surface area contributed by atoms with Crippen molar-refractivity contribution in [3.63, 3.8) is 0 Å². The lowest BCUT2D eigenvalue weighted by atomic mass is 9.82. The summed E-state index contributed by atoms with van der Waals surface area (Å²) in [6.07, 6.45) is 1.59. The van der Waals surface area contributed by atoms with Crippen LogP contribution in [0, 0.1) is 0 Å². The number of rotatable bonds is 14. The first kappa shape index (κ1) is 27.3. The molecule has 37 heavy (non-hydrogen) atoms. The third-order valence-electron chi connectivity index (χ3n) is 6.40. The van der Waals surface area contributed by atoms with E-state index in [4.69, 9.17) is 33.2 Å². The van der Waals surface area contributed by atoms with Gasteiger partial charge in [0.25, 0.3) is 0 Å². The summed E-state index contributed by atoms with van der Waals surface area (Å²) >= 11 is 0. The molecule has 1 saturated heterocycles. The van der Waals surface area contributed by atoms with Crippen LogP contribution in [-0.2, 0) is 35.0 Å². The fourth-order valence-electron chi connectivity index (χ4n) is 4.73. The van der Waals surface area contributed by atoms with Gasteiger partial charge in [-0.1, -0.05) is 60.7 Å². The van der Waals surface area contributed by atoms with Crippen LogP contribution in [0.3, 0.4) is 0 Å². The van der Waals surface area contributed by atoms with E-state index in [0.29, 0.717) is 26.4 Å². The monoisotopic (exact) mass is 508 g/mol. The van der Waals surface area contributed by atoms with Gasteiger partial charge < -0.3 is 33.2 Å². The van der Waals surface area contributed by atoms with Gasteiger partial charge in [-0.3, -0.25) is 0 Å². The maximum atomic E-state index is 6.51. The molecule has 1 heterocycles. The molecule has 7 nitrogen and oxygen atoms in total. The van der Waals surface area contributed by atoms with E-state index in [1.54, 1.807) is 25.3 Å². The van der Waals surface area contributed by atoms with Crippen molar-refractivity contribution in [1.82, 2.24) is 0 Å². The van der Waals surface area contributed by atoms with Crippen molar-refractivity contribution in [3.05, 3.63) is 104 Å². The van der Waals surface area contributed by atoms with Crippen LogP contribution in [0.25, 0.3) is 0 Å². The van der Waals surface area contributed by atoms with Crippen molar-refractivity contribution < 1.29 is 33.2 Å². The summed E-state index contributed by atoms with van der Waals surface area (Å²) < 4.78 is 43.6. The Morgan fingerprint density at radius 3 is 1.73 bits per heavy atom. The Morgan fingerprint density at radius 2 is 1.22 bits per heavy atom. The molecule has 4 rings (SSSR count). The standard InChI is InChI=1S/C30H36O7/c1-5-17-32-25-24(35-20-21-13-15-23(31-4)16-14-21)26(33-18-6-2)29-27(34-19-7-3)28(25)36-30(37-29)22-11-9-8-10-12-22/h5-16,24-30H,1-3,17-20H2,4H3/t24?,25-,26+,27?,28+,29-,30?. The molecule has 0 amide bonds. The molecule has 1 aliphatic heterocycles. The summed E-state index contributed by atoms with van der Waals surface area (Å²) in [5.74, 6) is 0.784. The molecule has 0 radical (unpaired) electrons. The Balaban J connectivity index is 1.66. The number of benzene rings is 2. The second kappa shape index (κ2) is 13.7. The number of fused-ring (bicyclic) bond motifs is 2. The molecule has 7 atom stereocenters. The van der Waals surface area contributed by atoms with Gasteiger partial charge in [0, 0.05) is 5.56 Å². The van der Waals surface area contributed by atoms with Crippen molar-refractivity contribution in [2.24, 2.45) is 0 Å². The van der Waals surface area contributed by atoms with Crippen LogP contribution in [0.2, 0.25) is 0 Å². The van der Waals surface area contributed by atoms with Crippen LogP contribution >= 0.6 is 0 Å². The lowest BCUT2D eigenvalue weighted by Crippen LogP contribution is -2.70. The van der Waals surface area contributed by atoms with E-state index in [0.717, 1.165) is 16.9 Å². The molecular weight excluding hydrogens is 472 g/mol. The quantitative estimate of drug-likeness (QED) is 0.340. The average Bonchev–Trinajstić information content (AvgIpc) is 2.94. The molecule has 1 aliphatic carbocycles. The Hall–Kier alpha value is -2.78. The van der Waals surface area contributed by atoms with Gasteiger partial charge in [0.1, 0.15) is 42.4 Å². The minimum absolute atomic E-state index is 0.316. The molecule has 1 saturated carbocycles. The summed E-state index contributed by atoms with van der Waals surface area (Å²) in [7, 11) is 1.64. The highest BCUT2D eigenvalue weighted by atomic mass is 16.7. The van der Waals surface area contributed by atoms with Crippen molar-refractivity contribution in [2.75, 3.05) is 26.9 Å². The predicted molar refractivity (Wildman–Crippen MR) is 140 cm³/mol. The summed E-state index contributed by atoms with van der Waals surface area (Å²) in [5.41, 5.74) is 1.90. The molecule has 0 N–H and O–H groups in total. The van der Waals surface area contributed by atoms with Crippen molar-refractivity contribution in [3.8, 4) is 5.75 Å². The predicted octanol–water partition coefficient (Wildman–Crippen LogP) is 4.79. The van der Waals surface area contributed by atoms with E-state index in [1.807, 2.05) is 54.6 Å². The third-order valence-corrected chi connectivity index (χ3v) is 6.40. The maximum Gasteiger partial charge on any atom is 0.184 e. The SMILES string of the molecule is C=CCOC1[C@H]2OC(c3ccccc3)O[C@@H]1[C@@H](OCC=C)C(OCc1ccc(OC)cc1)[C@H]2OCC=C. The van der Waals surface area contributed by atoms with E-state index in [2.05, 4.69) is 19.7 Å². The van der Waals surface area contributed by atoms with Gasteiger partial charge in [-0.25, -0.2) is 0 Å². The molecule has 2 aliphatic rings. The zero-order chi connectivity index (χ0) is 26.0. The zero-order valence-electron chi connectivity index (χ0n) is 21.3. The number of hydrogen-bond acceptors (Lipinski definition) is 7. The van der Waals surface area contributed by atoms with Crippen LogP contribution < -0.4 is 4.74 Å². The largest absolute Gasteiger partial charge is 0.497 e. The Bertz CT molecular complexity index is 963. The van der Waals surface area contributed by atoms with E-state index >= 15 is 0 Å².